The molecule has 1 N–H and O–H groups in total. The smallest absolute Gasteiger partial charge is 0.302 e. The fourth-order valence-corrected chi connectivity index (χ4v) is 4.29. The Hall–Kier alpha value is -1.55. The van der Waals surface area contributed by atoms with Crippen molar-refractivity contribution in [3.8, 4) is 5.75 Å². The number of carbonyl (C=O) groups excluding carboxylic acids is 1. The third-order valence-electron chi connectivity index (χ3n) is 5.71. The number of hydrogen-bond acceptors (Lipinski definition) is 4. The second kappa shape index (κ2) is 9.23. The summed E-state index contributed by atoms with van der Waals surface area (Å²) in [6.45, 7) is 5.88. The third kappa shape index (κ3) is 5.21. The fraction of sp³-hybridized carbons (Fsp3) is 0.667. The van der Waals surface area contributed by atoms with Gasteiger partial charge in [-0.05, 0) is 80.0 Å². The van der Waals surface area contributed by atoms with Crippen LogP contribution in [0.1, 0.15) is 51.2 Å². The molecular formula is C21H32O4. The highest BCUT2D eigenvalue weighted by Gasteiger charge is 2.37. The Bertz CT molecular complexity index is 569. The van der Waals surface area contributed by atoms with Gasteiger partial charge in [0.05, 0.1) is 19.8 Å². The van der Waals surface area contributed by atoms with E-state index in [1.165, 1.54) is 37.3 Å². The highest BCUT2D eigenvalue weighted by Crippen LogP contribution is 2.42. The number of fused-ring (bicyclic) bond motifs is 1. The van der Waals surface area contributed by atoms with E-state index in [-0.39, 0.29) is 12.1 Å². The first-order valence-electron chi connectivity index (χ1n) is 9.43. The van der Waals surface area contributed by atoms with E-state index >= 15 is 0 Å². The van der Waals surface area contributed by atoms with Gasteiger partial charge in [-0.1, -0.05) is 13.0 Å². The van der Waals surface area contributed by atoms with E-state index in [9.17, 15) is 9.90 Å². The molecule has 4 heteroatoms. The number of esters is 1. The molecule has 4 atom stereocenters. The molecule has 3 rings (SSSR count). The highest BCUT2D eigenvalue weighted by molar-refractivity contribution is 5.65. The third-order valence-corrected chi connectivity index (χ3v) is 5.71. The lowest BCUT2D eigenvalue weighted by Crippen LogP contribution is -2.27. The predicted molar refractivity (Wildman–Crippen MR) is 98.7 cm³/mol. The molecule has 0 aliphatic heterocycles. The van der Waals surface area contributed by atoms with Crippen molar-refractivity contribution in [2.75, 3.05) is 13.7 Å². The first kappa shape index (κ1) is 19.8. The van der Waals surface area contributed by atoms with Crippen molar-refractivity contribution >= 4 is 5.97 Å². The molecule has 0 saturated heterocycles. The van der Waals surface area contributed by atoms with Gasteiger partial charge in [0.15, 0.2) is 0 Å². The van der Waals surface area contributed by atoms with E-state index in [0.29, 0.717) is 18.4 Å². The monoisotopic (exact) mass is 348 g/mol. The molecule has 4 nitrogen and oxygen atoms in total. The number of rotatable bonds is 3. The summed E-state index contributed by atoms with van der Waals surface area (Å²) in [6.07, 6.45) is 5.75. The Morgan fingerprint density at radius 3 is 2.52 bits per heavy atom. The topological polar surface area (TPSA) is 55.8 Å². The number of aliphatic hydroxyl groups excluding tert-OH is 1. The van der Waals surface area contributed by atoms with Gasteiger partial charge in [-0.15, -0.1) is 0 Å². The SMILES string of the molecule is CCOC(C)=O.COc1ccc2c(c1)CCC([C@@H]1CC[C@H](O)[C@H]1C)C2. The summed E-state index contributed by atoms with van der Waals surface area (Å²) in [7, 11) is 1.73. The summed E-state index contributed by atoms with van der Waals surface area (Å²) >= 11 is 0. The van der Waals surface area contributed by atoms with Crippen molar-refractivity contribution in [2.24, 2.45) is 17.8 Å². The van der Waals surface area contributed by atoms with Gasteiger partial charge < -0.3 is 14.6 Å². The minimum Gasteiger partial charge on any atom is -0.497 e. The molecule has 0 spiro atoms. The van der Waals surface area contributed by atoms with Crippen molar-refractivity contribution < 1.29 is 19.4 Å². The molecule has 0 radical (unpaired) electrons. The van der Waals surface area contributed by atoms with Crippen LogP contribution in [0.5, 0.6) is 5.75 Å². The minimum atomic E-state index is -0.211. The Labute approximate surface area is 151 Å². The van der Waals surface area contributed by atoms with Crippen molar-refractivity contribution in [3.05, 3.63) is 29.3 Å². The Balaban J connectivity index is 0.000000326. The molecular weight excluding hydrogens is 316 g/mol. The number of aryl methyl sites for hydroxylation is 1. The first-order chi connectivity index (χ1) is 12.0. The molecule has 0 heterocycles. The maximum absolute atomic E-state index is 9.95. The van der Waals surface area contributed by atoms with Gasteiger partial charge in [0.2, 0.25) is 0 Å². The lowest BCUT2D eigenvalue weighted by molar-refractivity contribution is -0.140. The number of carbonyl (C=O) groups is 1. The van der Waals surface area contributed by atoms with Crippen LogP contribution in [-0.4, -0.2) is 30.9 Å². The zero-order chi connectivity index (χ0) is 18.4. The van der Waals surface area contributed by atoms with Crippen LogP contribution in [0, 0.1) is 17.8 Å². The van der Waals surface area contributed by atoms with E-state index in [0.717, 1.165) is 24.5 Å². The molecule has 0 aromatic heterocycles. The van der Waals surface area contributed by atoms with E-state index in [2.05, 4.69) is 29.9 Å². The Morgan fingerprint density at radius 2 is 2.00 bits per heavy atom. The van der Waals surface area contributed by atoms with E-state index < -0.39 is 0 Å². The fourth-order valence-electron chi connectivity index (χ4n) is 4.29. The molecule has 1 unspecified atom stereocenters. The van der Waals surface area contributed by atoms with Gasteiger partial charge in [0.1, 0.15) is 5.75 Å². The van der Waals surface area contributed by atoms with E-state index in [4.69, 9.17) is 4.74 Å². The van der Waals surface area contributed by atoms with E-state index in [1.54, 1.807) is 14.0 Å². The minimum absolute atomic E-state index is 0.0673. The first-order valence-corrected chi connectivity index (χ1v) is 9.43. The molecule has 2 aliphatic rings. The Morgan fingerprint density at radius 1 is 1.24 bits per heavy atom. The molecule has 1 saturated carbocycles. The van der Waals surface area contributed by atoms with Crippen LogP contribution in [0.2, 0.25) is 0 Å². The standard InChI is InChI=1S/C17H24O2.C4H8O2/c1-11-16(7-8-17(11)18)14-4-3-13-10-15(19-2)6-5-12(13)9-14;1-3-6-4(2)5/h5-6,10-11,14,16-18H,3-4,7-9H2,1-2H3;3H2,1-2H3/t11-,14?,16+,17-;/m0./s1. The van der Waals surface area contributed by atoms with E-state index in [1.807, 2.05) is 0 Å². The van der Waals surface area contributed by atoms with Gasteiger partial charge in [-0.25, -0.2) is 0 Å². The maximum Gasteiger partial charge on any atom is 0.302 e. The lowest BCUT2D eigenvalue weighted by atomic mass is 9.73. The van der Waals surface area contributed by atoms with Crippen LogP contribution in [-0.2, 0) is 22.4 Å². The molecule has 2 aliphatic carbocycles. The summed E-state index contributed by atoms with van der Waals surface area (Å²) in [5.41, 5.74) is 2.95. The maximum atomic E-state index is 9.95. The average molecular weight is 348 g/mol. The summed E-state index contributed by atoms with van der Waals surface area (Å²) in [5.74, 6) is 2.71. The van der Waals surface area contributed by atoms with Gasteiger partial charge in [0.25, 0.3) is 0 Å². The molecule has 140 valence electrons. The number of ether oxygens (including phenoxy) is 2. The summed E-state index contributed by atoms with van der Waals surface area (Å²) in [4.78, 5) is 9.82. The van der Waals surface area contributed by atoms with Crippen molar-refractivity contribution in [1.29, 1.82) is 0 Å². The average Bonchev–Trinajstić information content (AvgIpc) is 2.93. The molecule has 1 aromatic carbocycles. The van der Waals surface area contributed by atoms with Gasteiger partial charge >= 0.3 is 5.97 Å². The van der Waals surface area contributed by atoms with Gasteiger partial charge in [-0.2, -0.15) is 0 Å². The number of hydrogen-bond donors (Lipinski definition) is 1. The van der Waals surface area contributed by atoms with Crippen LogP contribution in [0.3, 0.4) is 0 Å². The highest BCUT2D eigenvalue weighted by atomic mass is 16.5. The molecule has 1 fully saturated rings. The van der Waals surface area contributed by atoms with Crippen molar-refractivity contribution in [3.63, 3.8) is 0 Å². The zero-order valence-electron chi connectivity index (χ0n) is 16.0. The quantitative estimate of drug-likeness (QED) is 0.845. The predicted octanol–water partition coefficient (Wildman–Crippen LogP) is 3.78. The number of benzene rings is 1. The van der Waals surface area contributed by atoms with Gasteiger partial charge in [0, 0.05) is 6.92 Å². The zero-order valence-corrected chi connectivity index (χ0v) is 16.0. The second-order valence-corrected chi connectivity index (χ2v) is 7.23. The Kier molecular flexibility index (Phi) is 7.30. The lowest BCUT2D eigenvalue weighted by Gasteiger charge is -2.32. The van der Waals surface area contributed by atoms with Crippen LogP contribution in [0.15, 0.2) is 18.2 Å². The van der Waals surface area contributed by atoms with Crippen molar-refractivity contribution in [2.45, 2.75) is 59.0 Å². The van der Waals surface area contributed by atoms with Crippen LogP contribution < -0.4 is 4.74 Å². The summed E-state index contributed by atoms with van der Waals surface area (Å²) < 4.78 is 9.71. The molecule has 25 heavy (non-hydrogen) atoms. The van der Waals surface area contributed by atoms with Crippen LogP contribution >= 0.6 is 0 Å². The van der Waals surface area contributed by atoms with Gasteiger partial charge in [-0.3, -0.25) is 4.79 Å². The van der Waals surface area contributed by atoms with Crippen molar-refractivity contribution in [1.82, 2.24) is 0 Å². The van der Waals surface area contributed by atoms with Crippen LogP contribution in [0.4, 0.5) is 0 Å². The molecule has 1 aromatic rings. The second-order valence-electron chi connectivity index (χ2n) is 7.23. The number of methoxy groups -OCH3 is 1. The molecule has 0 amide bonds. The molecule has 0 bridgehead atoms. The summed E-state index contributed by atoms with van der Waals surface area (Å²) in [6, 6.07) is 6.50. The number of aliphatic hydroxyl groups is 1. The largest absolute Gasteiger partial charge is 0.497 e. The normalized spacial score (nSPS) is 27.7. The van der Waals surface area contributed by atoms with Crippen LogP contribution in [0.25, 0.3) is 0 Å². The summed E-state index contributed by atoms with van der Waals surface area (Å²) in [5, 5.41) is 9.95.